The second-order valence-electron chi connectivity index (χ2n) is 7.84. The molecule has 0 atom stereocenters. The molecule has 4 aromatic rings. The summed E-state index contributed by atoms with van der Waals surface area (Å²) in [5.41, 5.74) is 4.11. The monoisotopic (exact) mass is 442 g/mol. The molecule has 0 saturated heterocycles. The van der Waals surface area contributed by atoms with Crippen LogP contribution >= 0.6 is 0 Å². The molecule has 0 aliphatic carbocycles. The number of fused-ring (bicyclic) bond motifs is 1. The Bertz CT molecular complexity index is 1260. The Morgan fingerprint density at radius 2 is 1.85 bits per heavy atom. The first-order valence-corrected chi connectivity index (χ1v) is 10.7. The lowest BCUT2D eigenvalue weighted by Gasteiger charge is -2.11. The van der Waals surface area contributed by atoms with Gasteiger partial charge < -0.3 is 15.5 Å². The molecule has 1 amide bonds. The average molecular weight is 443 g/mol. The van der Waals surface area contributed by atoms with Crippen molar-refractivity contribution in [2.75, 3.05) is 33.0 Å². The number of nitrogens with one attached hydrogen (secondary N) is 2. The van der Waals surface area contributed by atoms with E-state index in [1.807, 2.05) is 43.3 Å². The number of hydrogen-bond donors (Lipinski definition) is 2. The van der Waals surface area contributed by atoms with Gasteiger partial charge in [0.2, 0.25) is 0 Å². The van der Waals surface area contributed by atoms with Gasteiger partial charge in [-0.2, -0.15) is 0 Å². The van der Waals surface area contributed by atoms with Gasteiger partial charge in [-0.3, -0.25) is 9.78 Å². The van der Waals surface area contributed by atoms with Crippen molar-refractivity contribution in [2.24, 2.45) is 0 Å². The van der Waals surface area contributed by atoms with Crippen molar-refractivity contribution in [3.8, 4) is 11.3 Å². The van der Waals surface area contributed by atoms with Crippen LogP contribution in [0.25, 0.3) is 22.2 Å². The fourth-order valence-corrected chi connectivity index (χ4v) is 3.56. The van der Waals surface area contributed by atoms with Crippen molar-refractivity contribution in [3.63, 3.8) is 0 Å². The number of rotatable bonds is 8. The zero-order valence-electron chi connectivity index (χ0n) is 18.9. The molecule has 9 nitrogen and oxygen atoms in total. The van der Waals surface area contributed by atoms with E-state index in [1.54, 1.807) is 31.7 Å². The predicted molar refractivity (Wildman–Crippen MR) is 128 cm³/mol. The van der Waals surface area contributed by atoms with E-state index in [0.717, 1.165) is 45.8 Å². The van der Waals surface area contributed by atoms with E-state index >= 15 is 0 Å². The second kappa shape index (κ2) is 10.1. The normalized spacial score (nSPS) is 11.0. The number of anilines is 1. The maximum atomic E-state index is 12.2. The van der Waals surface area contributed by atoms with E-state index in [1.165, 1.54) is 6.33 Å². The molecule has 4 rings (SSSR count). The number of benzene rings is 1. The number of carbonyl (C=O) groups excluding carboxylic acids is 1. The maximum absolute atomic E-state index is 12.2. The van der Waals surface area contributed by atoms with Gasteiger partial charge in [-0.1, -0.05) is 18.2 Å². The largest absolute Gasteiger partial charge is 0.370 e. The quantitative estimate of drug-likeness (QED) is 0.429. The van der Waals surface area contributed by atoms with E-state index < -0.39 is 0 Å². The summed E-state index contributed by atoms with van der Waals surface area (Å²) in [4.78, 5) is 36.2. The molecule has 168 valence electrons. The fraction of sp³-hybridized carbons (Fsp3) is 0.250. The molecule has 2 N–H and O–H groups in total. The van der Waals surface area contributed by atoms with Gasteiger partial charge in [0.15, 0.2) is 0 Å². The fourth-order valence-electron chi connectivity index (χ4n) is 3.56. The standard InChI is InChI=1S/C24H26N8O/c1-25-24(33)19-8-10-27-23-16(5-4-6-18(19)23)7-9-26-21-11-20(30-15-31-21)17-12-28-22(29-13-17)14-32(2)3/h4-6,8,10-13,15H,7,9,14H2,1-3H3,(H,25,33)(H,26,30,31). The van der Waals surface area contributed by atoms with Crippen LogP contribution in [0.4, 0.5) is 5.82 Å². The Balaban J connectivity index is 1.45. The molecule has 0 fully saturated rings. The number of hydrogen-bond acceptors (Lipinski definition) is 8. The second-order valence-corrected chi connectivity index (χ2v) is 7.84. The van der Waals surface area contributed by atoms with Crippen LogP contribution in [0.3, 0.4) is 0 Å². The summed E-state index contributed by atoms with van der Waals surface area (Å²) < 4.78 is 0. The molecule has 3 aromatic heterocycles. The summed E-state index contributed by atoms with van der Waals surface area (Å²) in [6, 6.07) is 9.53. The lowest BCUT2D eigenvalue weighted by Crippen LogP contribution is -2.18. The highest BCUT2D eigenvalue weighted by atomic mass is 16.1. The molecule has 0 bridgehead atoms. The molecular weight excluding hydrogens is 416 g/mol. The van der Waals surface area contributed by atoms with E-state index in [0.29, 0.717) is 18.7 Å². The number of para-hydroxylation sites is 1. The van der Waals surface area contributed by atoms with Crippen LogP contribution in [0.15, 0.2) is 55.2 Å². The third kappa shape index (κ3) is 5.27. The Morgan fingerprint density at radius 1 is 1.03 bits per heavy atom. The van der Waals surface area contributed by atoms with Crippen LogP contribution in [0.1, 0.15) is 21.7 Å². The summed E-state index contributed by atoms with van der Waals surface area (Å²) in [6.45, 7) is 1.34. The smallest absolute Gasteiger partial charge is 0.251 e. The highest BCUT2D eigenvalue weighted by Crippen LogP contribution is 2.21. The van der Waals surface area contributed by atoms with Crippen molar-refractivity contribution in [2.45, 2.75) is 13.0 Å². The third-order valence-corrected chi connectivity index (χ3v) is 5.15. The highest BCUT2D eigenvalue weighted by Gasteiger charge is 2.11. The predicted octanol–water partition coefficient (Wildman–Crippen LogP) is 2.56. The zero-order valence-corrected chi connectivity index (χ0v) is 18.9. The molecule has 33 heavy (non-hydrogen) atoms. The minimum atomic E-state index is -0.120. The molecule has 0 radical (unpaired) electrons. The van der Waals surface area contributed by atoms with Crippen molar-refractivity contribution in [3.05, 3.63) is 72.2 Å². The van der Waals surface area contributed by atoms with Crippen molar-refractivity contribution < 1.29 is 4.79 Å². The minimum absolute atomic E-state index is 0.120. The first-order chi connectivity index (χ1) is 16.0. The van der Waals surface area contributed by atoms with Gasteiger partial charge in [-0.25, -0.2) is 19.9 Å². The molecule has 3 heterocycles. The molecule has 0 unspecified atom stereocenters. The van der Waals surface area contributed by atoms with Crippen molar-refractivity contribution in [1.29, 1.82) is 0 Å². The van der Waals surface area contributed by atoms with Crippen LogP contribution in [0.5, 0.6) is 0 Å². The van der Waals surface area contributed by atoms with Gasteiger partial charge in [0.25, 0.3) is 5.91 Å². The maximum Gasteiger partial charge on any atom is 0.251 e. The number of nitrogens with zero attached hydrogens (tertiary/aromatic N) is 6. The van der Waals surface area contributed by atoms with Crippen LogP contribution in [0.2, 0.25) is 0 Å². The van der Waals surface area contributed by atoms with Crippen LogP contribution in [0, 0.1) is 0 Å². The number of pyridine rings is 1. The van der Waals surface area contributed by atoms with E-state index in [2.05, 4.69) is 35.6 Å². The van der Waals surface area contributed by atoms with Crippen molar-refractivity contribution in [1.82, 2.24) is 35.1 Å². The average Bonchev–Trinajstić information content (AvgIpc) is 2.83. The number of carbonyl (C=O) groups is 1. The van der Waals surface area contributed by atoms with Crippen LogP contribution < -0.4 is 10.6 Å². The van der Waals surface area contributed by atoms with E-state index in [9.17, 15) is 4.79 Å². The van der Waals surface area contributed by atoms with Gasteiger partial charge in [-0.15, -0.1) is 0 Å². The first-order valence-electron chi connectivity index (χ1n) is 10.7. The topological polar surface area (TPSA) is 109 Å². The SMILES string of the molecule is CNC(=O)c1ccnc2c(CCNc3cc(-c4cnc(CN(C)C)nc4)ncn3)cccc12. The van der Waals surface area contributed by atoms with Gasteiger partial charge in [-0.05, 0) is 32.1 Å². The summed E-state index contributed by atoms with van der Waals surface area (Å²) >= 11 is 0. The first kappa shape index (κ1) is 22.2. The Kier molecular flexibility index (Phi) is 6.80. The highest BCUT2D eigenvalue weighted by molar-refractivity contribution is 6.06. The molecular formula is C24H26N8O. The Hall–Kier alpha value is -3.98. The minimum Gasteiger partial charge on any atom is -0.370 e. The van der Waals surface area contributed by atoms with E-state index in [-0.39, 0.29) is 5.91 Å². The van der Waals surface area contributed by atoms with Gasteiger partial charge in [0.05, 0.1) is 23.3 Å². The van der Waals surface area contributed by atoms with E-state index in [4.69, 9.17) is 0 Å². The molecule has 0 aliphatic rings. The Labute approximate surface area is 192 Å². The lowest BCUT2D eigenvalue weighted by atomic mass is 10.0. The molecule has 1 aromatic carbocycles. The third-order valence-electron chi connectivity index (χ3n) is 5.15. The molecule has 9 heteroatoms. The summed E-state index contributed by atoms with van der Waals surface area (Å²) in [6.07, 6.45) is 7.49. The molecule has 0 saturated carbocycles. The van der Waals surface area contributed by atoms with Crippen LogP contribution in [-0.4, -0.2) is 63.4 Å². The Morgan fingerprint density at radius 3 is 2.61 bits per heavy atom. The molecule has 0 aliphatic heterocycles. The van der Waals surface area contributed by atoms with Crippen molar-refractivity contribution >= 4 is 22.6 Å². The molecule has 0 spiro atoms. The number of aromatic nitrogens is 5. The summed E-state index contributed by atoms with van der Waals surface area (Å²) in [5, 5.41) is 6.88. The van der Waals surface area contributed by atoms with Crippen LogP contribution in [-0.2, 0) is 13.0 Å². The zero-order chi connectivity index (χ0) is 23.2. The summed E-state index contributed by atoms with van der Waals surface area (Å²) in [7, 11) is 5.59. The summed E-state index contributed by atoms with van der Waals surface area (Å²) in [5.74, 6) is 1.36. The van der Waals surface area contributed by atoms with Gasteiger partial charge >= 0.3 is 0 Å². The lowest BCUT2D eigenvalue weighted by molar-refractivity contribution is 0.0964. The van der Waals surface area contributed by atoms with Gasteiger partial charge in [0.1, 0.15) is 18.0 Å². The van der Waals surface area contributed by atoms with Gasteiger partial charge in [0, 0.05) is 49.2 Å². The number of amides is 1.